The number of carbonyl (C=O) groups excluding carboxylic acids is 1. The first kappa shape index (κ1) is 18.6. The number of amides is 1. The molecule has 0 radical (unpaired) electrons. The number of aromatic nitrogens is 2. The Morgan fingerprint density at radius 1 is 0.963 bits per heavy atom. The van der Waals surface area contributed by atoms with Crippen LogP contribution in [0.4, 0.5) is 11.4 Å². The van der Waals surface area contributed by atoms with E-state index in [1.807, 2.05) is 18.2 Å². The lowest BCUT2D eigenvalue weighted by Gasteiger charge is -2.15. The molecule has 0 aliphatic heterocycles. The molecule has 138 valence electrons. The predicted octanol–water partition coefficient (Wildman–Crippen LogP) is 4.28. The Kier molecular flexibility index (Phi) is 6.15. The summed E-state index contributed by atoms with van der Waals surface area (Å²) in [6.07, 6.45) is 7.05. The molecular formula is C22H24N4O. The van der Waals surface area contributed by atoms with Crippen molar-refractivity contribution in [2.24, 2.45) is 0 Å². The Bertz CT molecular complexity index is 870. The Balaban J connectivity index is 1.68. The van der Waals surface area contributed by atoms with Gasteiger partial charge in [-0.25, -0.2) is 4.98 Å². The normalized spacial score (nSPS) is 10.4. The lowest BCUT2D eigenvalue weighted by Crippen LogP contribution is -2.23. The second-order valence-electron chi connectivity index (χ2n) is 6.26. The van der Waals surface area contributed by atoms with Gasteiger partial charge in [0, 0.05) is 24.6 Å². The number of nitrogens with one attached hydrogen (secondary N) is 2. The molecule has 0 saturated carbocycles. The van der Waals surface area contributed by atoms with E-state index in [2.05, 4.69) is 52.6 Å². The van der Waals surface area contributed by atoms with Gasteiger partial charge in [-0.2, -0.15) is 0 Å². The molecular weight excluding hydrogens is 336 g/mol. The van der Waals surface area contributed by atoms with Crippen molar-refractivity contribution in [2.75, 3.05) is 5.32 Å². The van der Waals surface area contributed by atoms with E-state index in [0.717, 1.165) is 29.8 Å². The fourth-order valence-electron chi connectivity index (χ4n) is 2.93. The smallest absolute Gasteiger partial charge is 0.270 e. The van der Waals surface area contributed by atoms with E-state index < -0.39 is 0 Å². The SMILES string of the molecule is CCc1cccc(CC)c1Nc1ccc(C(=O)NCc2cccnc2)nc1. The van der Waals surface area contributed by atoms with Crippen LogP contribution in [-0.2, 0) is 19.4 Å². The Morgan fingerprint density at radius 3 is 2.33 bits per heavy atom. The Hall–Kier alpha value is -3.21. The van der Waals surface area contributed by atoms with E-state index in [9.17, 15) is 4.79 Å². The third-order valence-corrected chi connectivity index (χ3v) is 4.44. The molecule has 0 fully saturated rings. The van der Waals surface area contributed by atoms with Crippen LogP contribution in [-0.4, -0.2) is 15.9 Å². The highest BCUT2D eigenvalue weighted by Gasteiger charge is 2.09. The molecule has 2 heterocycles. The number of hydrogen-bond acceptors (Lipinski definition) is 4. The zero-order chi connectivity index (χ0) is 19.1. The lowest BCUT2D eigenvalue weighted by molar-refractivity contribution is 0.0946. The van der Waals surface area contributed by atoms with Gasteiger partial charge >= 0.3 is 0 Å². The van der Waals surface area contributed by atoms with E-state index in [4.69, 9.17) is 0 Å². The zero-order valence-electron chi connectivity index (χ0n) is 15.7. The van der Waals surface area contributed by atoms with E-state index >= 15 is 0 Å². The van der Waals surface area contributed by atoms with E-state index in [1.165, 1.54) is 11.1 Å². The number of hydrogen-bond donors (Lipinski definition) is 2. The minimum atomic E-state index is -0.200. The molecule has 3 rings (SSSR count). The van der Waals surface area contributed by atoms with Crippen LogP contribution >= 0.6 is 0 Å². The van der Waals surface area contributed by atoms with Gasteiger partial charge in [0.1, 0.15) is 5.69 Å². The summed E-state index contributed by atoms with van der Waals surface area (Å²) >= 11 is 0. The number of pyridine rings is 2. The summed E-state index contributed by atoms with van der Waals surface area (Å²) in [5.41, 5.74) is 5.89. The fourth-order valence-corrected chi connectivity index (χ4v) is 2.93. The topological polar surface area (TPSA) is 66.9 Å². The van der Waals surface area contributed by atoms with Crippen molar-refractivity contribution in [3.8, 4) is 0 Å². The summed E-state index contributed by atoms with van der Waals surface area (Å²) in [6.45, 7) is 4.72. The molecule has 0 aliphatic rings. The van der Waals surface area contributed by atoms with Gasteiger partial charge in [0.2, 0.25) is 0 Å². The van der Waals surface area contributed by atoms with Gasteiger partial charge in [0.15, 0.2) is 0 Å². The Labute approximate surface area is 159 Å². The summed E-state index contributed by atoms with van der Waals surface area (Å²) in [6, 6.07) is 13.8. The van der Waals surface area contributed by atoms with Crippen LogP contribution in [0, 0.1) is 0 Å². The van der Waals surface area contributed by atoms with Gasteiger partial charge in [-0.05, 0) is 47.7 Å². The number of aryl methyl sites for hydroxylation is 2. The predicted molar refractivity (Wildman–Crippen MR) is 108 cm³/mol. The third kappa shape index (κ3) is 4.70. The second-order valence-corrected chi connectivity index (χ2v) is 6.26. The molecule has 1 amide bonds. The maximum atomic E-state index is 12.3. The summed E-state index contributed by atoms with van der Waals surface area (Å²) in [5.74, 6) is -0.200. The highest BCUT2D eigenvalue weighted by Crippen LogP contribution is 2.26. The minimum absolute atomic E-state index is 0.200. The average Bonchev–Trinajstić information content (AvgIpc) is 2.73. The summed E-state index contributed by atoms with van der Waals surface area (Å²) < 4.78 is 0. The Morgan fingerprint density at radius 2 is 1.74 bits per heavy atom. The standard InChI is InChI=1S/C22H24N4O/c1-3-17-8-5-9-18(4-2)21(17)26-19-10-11-20(24-15-19)22(27)25-14-16-7-6-12-23-13-16/h5-13,15,26H,3-4,14H2,1-2H3,(H,25,27). The van der Waals surface area contributed by atoms with Crippen molar-refractivity contribution in [1.82, 2.24) is 15.3 Å². The molecule has 0 atom stereocenters. The average molecular weight is 360 g/mol. The van der Waals surface area contributed by atoms with Gasteiger partial charge in [-0.1, -0.05) is 38.1 Å². The second kappa shape index (κ2) is 8.94. The van der Waals surface area contributed by atoms with Crippen molar-refractivity contribution in [1.29, 1.82) is 0 Å². The molecule has 27 heavy (non-hydrogen) atoms. The van der Waals surface area contributed by atoms with Crippen LogP contribution in [0.5, 0.6) is 0 Å². The first-order chi connectivity index (χ1) is 13.2. The molecule has 5 heteroatoms. The molecule has 2 N–H and O–H groups in total. The number of benzene rings is 1. The molecule has 1 aromatic carbocycles. The van der Waals surface area contributed by atoms with Gasteiger partial charge in [-0.3, -0.25) is 9.78 Å². The van der Waals surface area contributed by atoms with E-state index in [1.54, 1.807) is 24.7 Å². The molecule has 5 nitrogen and oxygen atoms in total. The monoisotopic (exact) mass is 360 g/mol. The maximum Gasteiger partial charge on any atom is 0.270 e. The fraction of sp³-hybridized carbons (Fsp3) is 0.227. The summed E-state index contributed by atoms with van der Waals surface area (Å²) in [5, 5.41) is 6.32. The highest BCUT2D eigenvalue weighted by atomic mass is 16.1. The zero-order valence-corrected chi connectivity index (χ0v) is 15.7. The van der Waals surface area contributed by atoms with Crippen molar-refractivity contribution in [2.45, 2.75) is 33.2 Å². The van der Waals surface area contributed by atoms with Gasteiger partial charge in [0.05, 0.1) is 11.9 Å². The summed E-state index contributed by atoms with van der Waals surface area (Å²) in [4.78, 5) is 20.6. The van der Waals surface area contributed by atoms with Crippen molar-refractivity contribution in [3.05, 3.63) is 83.4 Å². The van der Waals surface area contributed by atoms with Gasteiger partial charge in [-0.15, -0.1) is 0 Å². The maximum absolute atomic E-state index is 12.3. The van der Waals surface area contributed by atoms with Crippen LogP contribution in [0.15, 0.2) is 61.1 Å². The first-order valence-corrected chi connectivity index (χ1v) is 9.22. The van der Waals surface area contributed by atoms with Crippen LogP contribution in [0.25, 0.3) is 0 Å². The van der Waals surface area contributed by atoms with E-state index in [0.29, 0.717) is 12.2 Å². The molecule has 0 unspecified atom stereocenters. The number of para-hydroxylation sites is 1. The third-order valence-electron chi connectivity index (χ3n) is 4.44. The van der Waals surface area contributed by atoms with E-state index in [-0.39, 0.29) is 5.91 Å². The number of nitrogens with zero attached hydrogens (tertiary/aromatic N) is 2. The lowest BCUT2D eigenvalue weighted by atomic mass is 10.0. The highest BCUT2D eigenvalue weighted by molar-refractivity contribution is 5.92. The molecule has 0 spiro atoms. The quantitative estimate of drug-likeness (QED) is 0.660. The minimum Gasteiger partial charge on any atom is -0.354 e. The molecule has 2 aromatic heterocycles. The molecule has 0 saturated heterocycles. The number of carbonyl (C=O) groups is 1. The van der Waals surface area contributed by atoms with Crippen LogP contribution < -0.4 is 10.6 Å². The number of rotatable bonds is 7. The molecule has 3 aromatic rings. The molecule has 0 aliphatic carbocycles. The van der Waals surface area contributed by atoms with Crippen molar-refractivity contribution in [3.63, 3.8) is 0 Å². The first-order valence-electron chi connectivity index (χ1n) is 9.22. The van der Waals surface area contributed by atoms with Crippen LogP contribution in [0.1, 0.15) is 41.0 Å². The van der Waals surface area contributed by atoms with Gasteiger partial charge < -0.3 is 10.6 Å². The molecule has 0 bridgehead atoms. The van der Waals surface area contributed by atoms with Crippen LogP contribution in [0.2, 0.25) is 0 Å². The van der Waals surface area contributed by atoms with Crippen LogP contribution in [0.3, 0.4) is 0 Å². The number of anilines is 2. The van der Waals surface area contributed by atoms with Crippen molar-refractivity contribution < 1.29 is 4.79 Å². The van der Waals surface area contributed by atoms with Gasteiger partial charge in [0.25, 0.3) is 5.91 Å². The summed E-state index contributed by atoms with van der Waals surface area (Å²) in [7, 11) is 0. The largest absolute Gasteiger partial charge is 0.354 e. The van der Waals surface area contributed by atoms with Crippen molar-refractivity contribution >= 4 is 17.3 Å².